The van der Waals surface area contributed by atoms with Crippen LogP contribution in [0.5, 0.6) is 5.75 Å². The summed E-state index contributed by atoms with van der Waals surface area (Å²) in [5, 5.41) is 9.72. The van der Waals surface area contributed by atoms with Crippen LogP contribution in [-0.2, 0) is 0 Å². The Kier molecular flexibility index (Phi) is 10.3. The van der Waals surface area contributed by atoms with E-state index < -0.39 is 11.5 Å². The van der Waals surface area contributed by atoms with Gasteiger partial charge in [-0.2, -0.15) is 0 Å². The third-order valence-electron chi connectivity index (χ3n) is 5.94. The van der Waals surface area contributed by atoms with Crippen molar-refractivity contribution in [2.75, 3.05) is 56.5 Å². The topological polar surface area (TPSA) is 60.9 Å². The molecule has 1 fully saturated rings. The van der Waals surface area contributed by atoms with Crippen molar-refractivity contribution >= 4 is 29.0 Å². The molecule has 1 saturated heterocycles. The molecule has 0 saturated carbocycles. The fourth-order valence-corrected chi connectivity index (χ4v) is 4.02. The van der Waals surface area contributed by atoms with Crippen molar-refractivity contribution in [3.63, 3.8) is 0 Å². The molecule has 0 aliphatic carbocycles. The predicted octanol–water partition coefficient (Wildman–Crippen LogP) is 5.85. The molecule has 1 aliphatic rings. The summed E-state index contributed by atoms with van der Waals surface area (Å²) in [4.78, 5) is 6.76. The zero-order chi connectivity index (χ0) is 26.0. The Morgan fingerprint density at radius 3 is 2.56 bits per heavy atom. The average Bonchev–Trinajstić information content (AvgIpc) is 2.83. The van der Waals surface area contributed by atoms with Gasteiger partial charge < -0.3 is 25.6 Å². The molecule has 6 nitrogen and oxygen atoms in total. The van der Waals surface area contributed by atoms with E-state index in [0.717, 1.165) is 50.5 Å². The predicted molar refractivity (Wildman–Crippen MR) is 147 cm³/mol. The second-order valence-electron chi connectivity index (χ2n) is 9.56. The molecule has 0 aromatic heterocycles. The lowest BCUT2D eigenvalue weighted by Crippen LogP contribution is -2.43. The van der Waals surface area contributed by atoms with Gasteiger partial charge in [-0.1, -0.05) is 6.58 Å². The van der Waals surface area contributed by atoms with Crippen molar-refractivity contribution < 1.29 is 13.5 Å². The zero-order valence-corrected chi connectivity index (χ0v) is 21.7. The highest BCUT2D eigenvalue weighted by Gasteiger charge is 2.16. The molecule has 36 heavy (non-hydrogen) atoms. The van der Waals surface area contributed by atoms with Gasteiger partial charge in [0, 0.05) is 74.7 Å². The number of nitrogens with one attached hydrogen (secondary N) is 3. The molecule has 196 valence electrons. The normalized spacial score (nSPS) is 14.7. The van der Waals surface area contributed by atoms with Crippen LogP contribution in [0.15, 0.2) is 48.0 Å². The number of halogens is 2. The molecule has 0 spiro atoms. The molecule has 0 amide bonds. The molecule has 0 atom stereocenters. The minimum absolute atomic E-state index is 0.300. The van der Waals surface area contributed by atoms with E-state index in [1.807, 2.05) is 24.3 Å². The Balaban J connectivity index is 1.59. The quantitative estimate of drug-likeness (QED) is 0.238. The van der Waals surface area contributed by atoms with Crippen LogP contribution < -0.4 is 20.7 Å². The number of hydrogen-bond donors (Lipinski definition) is 3. The first-order chi connectivity index (χ1) is 17.2. The van der Waals surface area contributed by atoms with Crippen molar-refractivity contribution in [1.29, 1.82) is 0 Å². The summed E-state index contributed by atoms with van der Waals surface area (Å²) >= 11 is 0. The van der Waals surface area contributed by atoms with Gasteiger partial charge in [0.05, 0.1) is 17.9 Å². The average molecular weight is 500 g/mol. The minimum atomic E-state index is -1.21. The van der Waals surface area contributed by atoms with E-state index in [1.54, 1.807) is 33.1 Å². The number of anilines is 2. The van der Waals surface area contributed by atoms with Crippen LogP contribution in [0.3, 0.4) is 0 Å². The number of piperazine rings is 1. The molecular weight excluding hydrogens is 460 g/mol. The van der Waals surface area contributed by atoms with Crippen LogP contribution in [0.25, 0.3) is 5.70 Å². The molecule has 1 heterocycles. The second-order valence-corrected chi connectivity index (χ2v) is 9.56. The highest BCUT2D eigenvalue weighted by Crippen LogP contribution is 2.33. The van der Waals surface area contributed by atoms with Gasteiger partial charge in [0.25, 0.3) is 0 Å². The van der Waals surface area contributed by atoms with Crippen molar-refractivity contribution in [1.82, 2.24) is 10.2 Å². The van der Waals surface area contributed by atoms with Gasteiger partial charge in [-0.15, -0.1) is 0 Å². The Morgan fingerprint density at radius 1 is 1.19 bits per heavy atom. The molecule has 8 heteroatoms. The summed E-state index contributed by atoms with van der Waals surface area (Å²) < 4.78 is 34.7. The maximum absolute atomic E-state index is 15.2. The van der Waals surface area contributed by atoms with E-state index in [9.17, 15) is 4.39 Å². The SMILES string of the molecule is C=C(Nc1ccc(NCCC(C)(C)F)cc1)c1c(F)cc(OCCCN2CCNCC2)cc1N=CC. The summed E-state index contributed by atoms with van der Waals surface area (Å²) in [6, 6.07) is 10.6. The maximum Gasteiger partial charge on any atom is 0.138 e. The first kappa shape index (κ1) is 27.6. The van der Waals surface area contributed by atoms with E-state index in [2.05, 4.69) is 32.4 Å². The van der Waals surface area contributed by atoms with Gasteiger partial charge >= 0.3 is 0 Å². The lowest BCUT2D eigenvalue weighted by molar-refractivity contribution is 0.207. The minimum Gasteiger partial charge on any atom is -0.493 e. The fraction of sp³-hybridized carbons (Fsp3) is 0.464. The maximum atomic E-state index is 15.2. The molecular formula is C28H39F2N5O. The van der Waals surface area contributed by atoms with Gasteiger partial charge in [-0.05, 0) is 57.9 Å². The van der Waals surface area contributed by atoms with E-state index in [1.165, 1.54) is 6.07 Å². The lowest BCUT2D eigenvalue weighted by Gasteiger charge is -2.27. The monoisotopic (exact) mass is 499 g/mol. The first-order valence-electron chi connectivity index (χ1n) is 12.6. The standard InChI is InChI=1S/C28H39F2N5O/c1-5-32-26-20-24(36-18-6-15-35-16-13-31-14-17-35)19-25(29)27(26)21(2)34-23-9-7-22(8-10-23)33-12-11-28(3,4)30/h5,7-10,19-20,31,33-34H,2,6,11-18H2,1,3-4H3. The molecule has 2 aromatic carbocycles. The second kappa shape index (κ2) is 13.4. The number of nitrogens with zero attached hydrogens (tertiary/aromatic N) is 2. The lowest BCUT2D eigenvalue weighted by atomic mass is 10.1. The van der Waals surface area contributed by atoms with Crippen LogP contribution in [0.2, 0.25) is 0 Å². The highest BCUT2D eigenvalue weighted by molar-refractivity contribution is 5.83. The molecule has 3 N–H and O–H groups in total. The van der Waals surface area contributed by atoms with E-state index in [4.69, 9.17) is 4.74 Å². The number of benzene rings is 2. The van der Waals surface area contributed by atoms with Gasteiger partial charge in [0.1, 0.15) is 17.2 Å². The zero-order valence-electron chi connectivity index (χ0n) is 21.7. The molecule has 0 unspecified atom stereocenters. The molecule has 0 radical (unpaired) electrons. The Hall–Kier alpha value is -2.97. The van der Waals surface area contributed by atoms with Crippen molar-refractivity contribution in [2.45, 2.75) is 39.3 Å². The van der Waals surface area contributed by atoms with Gasteiger partial charge in [-0.3, -0.25) is 4.99 Å². The summed E-state index contributed by atoms with van der Waals surface area (Å²) in [5.74, 6) is 0.0108. The Morgan fingerprint density at radius 2 is 1.89 bits per heavy atom. The van der Waals surface area contributed by atoms with E-state index in [-0.39, 0.29) is 0 Å². The van der Waals surface area contributed by atoms with Crippen LogP contribution in [0, 0.1) is 5.82 Å². The molecule has 3 rings (SSSR count). The van der Waals surface area contributed by atoms with Crippen LogP contribution in [0.4, 0.5) is 25.8 Å². The Labute approximate surface area is 213 Å². The number of hydrogen-bond acceptors (Lipinski definition) is 6. The van der Waals surface area contributed by atoms with Gasteiger partial charge in [0.15, 0.2) is 0 Å². The Bertz CT molecular complexity index is 1010. The van der Waals surface area contributed by atoms with Crippen molar-refractivity contribution in [3.05, 3.63) is 54.4 Å². The van der Waals surface area contributed by atoms with Gasteiger partial charge in [0.2, 0.25) is 0 Å². The number of rotatable bonds is 13. The van der Waals surface area contributed by atoms with Crippen molar-refractivity contribution in [3.8, 4) is 5.75 Å². The summed E-state index contributed by atoms with van der Waals surface area (Å²) in [7, 11) is 0. The summed E-state index contributed by atoms with van der Waals surface area (Å²) in [5.41, 5.74) is 1.60. The smallest absolute Gasteiger partial charge is 0.138 e. The van der Waals surface area contributed by atoms with Crippen molar-refractivity contribution in [2.24, 2.45) is 4.99 Å². The van der Waals surface area contributed by atoms with Crippen LogP contribution in [0.1, 0.15) is 39.2 Å². The van der Waals surface area contributed by atoms with Crippen LogP contribution in [-0.4, -0.2) is 62.7 Å². The van der Waals surface area contributed by atoms with E-state index >= 15 is 4.39 Å². The van der Waals surface area contributed by atoms with E-state index in [0.29, 0.717) is 42.3 Å². The number of aliphatic imine (C=N–C) groups is 1. The molecule has 1 aliphatic heterocycles. The summed E-state index contributed by atoms with van der Waals surface area (Å²) in [6.07, 6.45) is 2.92. The first-order valence-corrected chi connectivity index (χ1v) is 12.6. The van der Waals surface area contributed by atoms with Crippen LogP contribution >= 0.6 is 0 Å². The largest absolute Gasteiger partial charge is 0.493 e. The van der Waals surface area contributed by atoms with Gasteiger partial charge in [-0.25, -0.2) is 8.78 Å². The third-order valence-corrected chi connectivity index (χ3v) is 5.94. The molecule has 2 aromatic rings. The highest BCUT2D eigenvalue weighted by atomic mass is 19.1. The number of ether oxygens (including phenoxy) is 1. The number of alkyl halides is 1. The third kappa shape index (κ3) is 8.91. The fourth-order valence-electron chi connectivity index (χ4n) is 4.02. The molecule has 0 bridgehead atoms. The summed E-state index contributed by atoms with van der Waals surface area (Å²) in [6.45, 7) is 15.1.